The normalized spacial score (nSPS) is 23.1. The Morgan fingerprint density at radius 1 is 1.47 bits per heavy atom. The first-order valence-corrected chi connectivity index (χ1v) is 6.93. The lowest BCUT2D eigenvalue weighted by molar-refractivity contribution is 0.330. The van der Waals surface area contributed by atoms with Gasteiger partial charge in [0, 0.05) is 12.6 Å². The highest BCUT2D eigenvalue weighted by Gasteiger charge is 2.39. The number of rotatable bonds is 4. The molecule has 2 heterocycles. The molecule has 4 nitrogen and oxygen atoms in total. The van der Waals surface area contributed by atoms with Gasteiger partial charge in [0.15, 0.2) is 5.58 Å². The Balaban J connectivity index is 2.03. The summed E-state index contributed by atoms with van der Waals surface area (Å²) in [5.74, 6) is 1.69. The van der Waals surface area contributed by atoms with E-state index in [0.29, 0.717) is 0 Å². The van der Waals surface area contributed by atoms with Crippen molar-refractivity contribution >= 4 is 11.1 Å². The van der Waals surface area contributed by atoms with Gasteiger partial charge in [0.05, 0.1) is 12.5 Å². The monoisotopic (exact) mass is 260 g/mol. The molecule has 4 heteroatoms. The van der Waals surface area contributed by atoms with E-state index in [1.807, 2.05) is 18.2 Å². The van der Waals surface area contributed by atoms with E-state index in [9.17, 15) is 0 Å². The Hall–Kier alpha value is -1.55. The van der Waals surface area contributed by atoms with Crippen LogP contribution in [0.5, 0.6) is 5.75 Å². The molecule has 0 bridgehead atoms. The molecule has 1 aromatic carbocycles. The van der Waals surface area contributed by atoms with Gasteiger partial charge in [0.1, 0.15) is 11.3 Å². The van der Waals surface area contributed by atoms with Crippen LogP contribution in [0.3, 0.4) is 0 Å². The van der Waals surface area contributed by atoms with Crippen LogP contribution in [0.4, 0.5) is 0 Å². The highest BCUT2D eigenvalue weighted by Crippen LogP contribution is 2.36. The predicted molar refractivity (Wildman–Crippen MR) is 74.6 cm³/mol. The van der Waals surface area contributed by atoms with Gasteiger partial charge < -0.3 is 14.5 Å². The van der Waals surface area contributed by atoms with Gasteiger partial charge in [-0.15, -0.1) is 0 Å². The highest BCUT2D eigenvalue weighted by atomic mass is 16.5. The molecule has 1 aromatic heterocycles. The van der Waals surface area contributed by atoms with E-state index in [2.05, 4.69) is 12.2 Å². The first-order valence-electron chi connectivity index (χ1n) is 6.93. The van der Waals surface area contributed by atoms with E-state index < -0.39 is 0 Å². The molecule has 1 unspecified atom stereocenters. The zero-order valence-electron chi connectivity index (χ0n) is 11.5. The maximum absolute atomic E-state index is 6.02. The van der Waals surface area contributed by atoms with Gasteiger partial charge in [-0.1, -0.05) is 13.3 Å². The average Bonchev–Trinajstić information content (AvgIpc) is 3.05. The lowest BCUT2D eigenvalue weighted by Crippen LogP contribution is -2.29. The molecule has 1 aliphatic heterocycles. The van der Waals surface area contributed by atoms with Gasteiger partial charge in [-0.05, 0) is 31.5 Å². The minimum Gasteiger partial charge on any atom is -0.497 e. The molecule has 102 valence electrons. The van der Waals surface area contributed by atoms with Crippen molar-refractivity contribution in [2.24, 2.45) is 0 Å². The molecule has 2 aromatic rings. The first kappa shape index (κ1) is 12.5. The molecule has 1 atom stereocenters. The van der Waals surface area contributed by atoms with Crippen LogP contribution >= 0.6 is 0 Å². The number of nitrogens with zero attached hydrogens (tertiary/aromatic N) is 1. The van der Waals surface area contributed by atoms with Gasteiger partial charge in [-0.2, -0.15) is 0 Å². The summed E-state index contributed by atoms with van der Waals surface area (Å²) in [5, 5.41) is 3.44. The second-order valence-corrected chi connectivity index (χ2v) is 5.31. The number of oxazole rings is 1. The van der Waals surface area contributed by atoms with Crippen molar-refractivity contribution in [3.05, 3.63) is 24.1 Å². The number of aromatic nitrogens is 1. The molecular formula is C15H20N2O2. The minimum atomic E-state index is 0.0704. The number of methoxy groups -OCH3 is 1. The number of ether oxygens (including phenoxy) is 1. The van der Waals surface area contributed by atoms with Gasteiger partial charge in [0.2, 0.25) is 5.89 Å². The maximum atomic E-state index is 6.02. The van der Waals surface area contributed by atoms with Crippen LogP contribution < -0.4 is 10.1 Å². The molecule has 19 heavy (non-hydrogen) atoms. The third-order valence-corrected chi connectivity index (χ3v) is 4.02. The number of nitrogens with one attached hydrogen (secondary N) is 1. The topological polar surface area (TPSA) is 47.3 Å². The van der Waals surface area contributed by atoms with Crippen molar-refractivity contribution in [3.8, 4) is 5.75 Å². The largest absolute Gasteiger partial charge is 0.497 e. The van der Waals surface area contributed by atoms with Gasteiger partial charge in [0.25, 0.3) is 0 Å². The van der Waals surface area contributed by atoms with Crippen molar-refractivity contribution in [1.29, 1.82) is 0 Å². The molecule has 0 amide bonds. The van der Waals surface area contributed by atoms with Crippen LogP contribution in [0.2, 0.25) is 0 Å². The predicted octanol–water partition coefficient (Wildman–Crippen LogP) is 2.87. The summed E-state index contributed by atoms with van der Waals surface area (Å²) in [4.78, 5) is 4.70. The Morgan fingerprint density at radius 2 is 2.37 bits per heavy atom. The smallest absolute Gasteiger partial charge is 0.203 e. The summed E-state index contributed by atoms with van der Waals surface area (Å²) in [7, 11) is 1.66. The average molecular weight is 260 g/mol. The molecule has 0 aliphatic carbocycles. The molecule has 1 aliphatic rings. The molecule has 1 N–H and O–H groups in total. The fourth-order valence-electron chi connectivity index (χ4n) is 2.98. The Bertz CT molecular complexity index is 571. The molecular weight excluding hydrogens is 240 g/mol. The third kappa shape index (κ3) is 2.10. The van der Waals surface area contributed by atoms with E-state index in [4.69, 9.17) is 14.1 Å². The van der Waals surface area contributed by atoms with Gasteiger partial charge in [-0.3, -0.25) is 0 Å². The van der Waals surface area contributed by atoms with E-state index in [1.165, 1.54) is 0 Å². The second-order valence-electron chi connectivity index (χ2n) is 5.31. The summed E-state index contributed by atoms with van der Waals surface area (Å²) in [5.41, 5.74) is 1.80. The van der Waals surface area contributed by atoms with Crippen LogP contribution in [0.15, 0.2) is 22.6 Å². The quantitative estimate of drug-likeness (QED) is 0.918. The number of benzene rings is 1. The van der Waals surface area contributed by atoms with Crippen LogP contribution in [0.25, 0.3) is 11.1 Å². The summed E-state index contributed by atoms with van der Waals surface area (Å²) < 4.78 is 11.2. The summed E-state index contributed by atoms with van der Waals surface area (Å²) >= 11 is 0. The molecule has 1 saturated heterocycles. The summed E-state index contributed by atoms with van der Waals surface area (Å²) in [6, 6.07) is 5.80. The van der Waals surface area contributed by atoms with Crippen molar-refractivity contribution in [2.45, 2.75) is 31.6 Å². The summed E-state index contributed by atoms with van der Waals surface area (Å²) in [6.07, 6.45) is 3.36. The minimum absolute atomic E-state index is 0.0704. The SMILES string of the molecule is CCCC1(c2nc3ccc(OC)cc3o2)CCNC1. The Morgan fingerprint density at radius 3 is 3.05 bits per heavy atom. The first-order chi connectivity index (χ1) is 9.27. The van der Waals surface area contributed by atoms with E-state index >= 15 is 0 Å². The van der Waals surface area contributed by atoms with Crippen molar-refractivity contribution < 1.29 is 9.15 Å². The van der Waals surface area contributed by atoms with Crippen molar-refractivity contribution in [3.63, 3.8) is 0 Å². The fraction of sp³-hybridized carbons (Fsp3) is 0.533. The van der Waals surface area contributed by atoms with Crippen LogP contribution in [0.1, 0.15) is 32.1 Å². The third-order valence-electron chi connectivity index (χ3n) is 4.02. The lowest BCUT2D eigenvalue weighted by Gasteiger charge is -2.23. The van der Waals surface area contributed by atoms with E-state index in [1.54, 1.807) is 7.11 Å². The van der Waals surface area contributed by atoms with Crippen LogP contribution in [-0.4, -0.2) is 25.2 Å². The Labute approximate surface area is 113 Å². The van der Waals surface area contributed by atoms with Crippen LogP contribution in [0, 0.1) is 0 Å². The van der Waals surface area contributed by atoms with E-state index in [-0.39, 0.29) is 5.41 Å². The molecule has 3 rings (SSSR count). The van der Waals surface area contributed by atoms with Gasteiger partial charge >= 0.3 is 0 Å². The number of hydrogen-bond acceptors (Lipinski definition) is 4. The number of hydrogen-bond donors (Lipinski definition) is 1. The maximum Gasteiger partial charge on any atom is 0.203 e. The second kappa shape index (κ2) is 4.85. The van der Waals surface area contributed by atoms with E-state index in [0.717, 1.165) is 55.1 Å². The molecule has 0 spiro atoms. The molecule has 0 saturated carbocycles. The van der Waals surface area contributed by atoms with Gasteiger partial charge in [-0.25, -0.2) is 4.98 Å². The van der Waals surface area contributed by atoms with Crippen molar-refractivity contribution in [2.75, 3.05) is 20.2 Å². The standard InChI is InChI=1S/C15H20N2O2/c1-3-6-15(7-8-16-10-15)14-17-12-5-4-11(18-2)9-13(12)19-14/h4-5,9,16H,3,6-8,10H2,1-2H3. The zero-order valence-corrected chi connectivity index (χ0v) is 11.5. The molecule has 0 radical (unpaired) electrons. The lowest BCUT2D eigenvalue weighted by atomic mass is 9.82. The zero-order chi connectivity index (χ0) is 13.3. The summed E-state index contributed by atoms with van der Waals surface area (Å²) in [6.45, 7) is 4.22. The fourth-order valence-corrected chi connectivity index (χ4v) is 2.98. The van der Waals surface area contributed by atoms with Crippen LogP contribution in [-0.2, 0) is 5.41 Å². The number of fused-ring (bicyclic) bond motifs is 1. The molecule has 1 fully saturated rings. The highest BCUT2D eigenvalue weighted by molar-refractivity contribution is 5.74. The van der Waals surface area contributed by atoms with Crippen molar-refractivity contribution in [1.82, 2.24) is 10.3 Å². The Kier molecular flexibility index (Phi) is 3.19.